The lowest BCUT2D eigenvalue weighted by atomic mass is 10.2. The molecular formula is C19H29N3O2. The molecule has 2 aliphatic heterocycles. The first-order valence-corrected chi connectivity index (χ1v) is 9.01. The summed E-state index contributed by atoms with van der Waals surface area (Å²) in [6.07, 6.45) is 2.41. The first kappa shape index (κ1) is 17.1. The molecule has 3 rings (SSSR count). The van der Waals surface area contributed by atoms with Crippen molar-refractivity contribution < 1.29 is 9.53 Å². The van der Waals surface area contributed by atoms with Crippen molar-refractivity contribution in [2.45, 2.75) is 38.8 Å². The maximum absolute atomic E-state index is 12.7. The van der Waals surface area contributed by atoms with Gasteiger partial charge in [-0.25, -0.2) is 0 Å². The molecule has 2 atom stereocenters. The number of hydrogen-bond donors (Lipinski definition) is 0. The van der Waals surface area contributed by atoms with Crippen molar-refractivity contribution in [3.8, 4) is 5.75 Å². The van der Waals surface area contributed by atoms with Gasteiger partial charge >= 0.3 is 0 Å². The highest BCUT2D eigenvalue weighted by Gasteiger charge is 2.31. The number of ether oxygens (including phenoxy) is 1. The molecule has 1 amide bonds. The third kappa shape index (κ3) is 3.51. The lowest BCUT2D eigenvalue weighted by Gasteiger charge is -2.38. The van der Waals surface area contributed by atoms with Crippen LogP contribution in [0, 0.1) is 0 Å². The summed E-state index contributed by atoms with van der Waals surface area (Å²) in [5, 5.41) is 0. The number of nitrogens with zero attached hydrogens (tertiary/aromatic N) is 3. The summed E-state index contributed by atoms with van der Waals surface area (Å²) in [6.45, 7) is 8.32. The highest BCUT2D eigenvalue weighted by molar-refractivity contribution is 5.78. The summed E-state index contributed by atoms with van der Waals surface area (Å²) < 4.78 is 5.46. The second-order valence-electron chi connectivity index (χ2n) is 6.99. The average Bonchev–Trinajstić information content (AvgIpc) is 2.93. The minimum Gasteiger partial charge on any atom is -0.495 e. The van der Waals surface area contributed by atoms with Crippen LogP contribution < -0.4 is 9.64 Å². The molecule has 0 bridgehead atoms. The summed E-state index contributed by atoms with van der Waals surface area (Å²) in [5.41, 5.74) is 1.12. The van der Waals surface area contributed by atoms with Gasteiger partial charge < -0.3 is 14.5 Å². The quantitative estimate of drug-likeness (QED) is 0.848. The number of hydrogen-bond acceptors (Lipinski definition) is 4. The van der Waals surface area contributed by atoms with E-state index in [9.17, 15) is 4.79 Å². The average molecular weight is 331 g/mol. The zero-order chi connectivity index (χ0) is 17.1. The van der Waals surface area contributed by atoms with E-state index in [0.717, 1.165) is 37.6 Å². The van der Waals surface area contributed by atoms with Crippen LogP contribution in [0.1, 0.15) is 26.7 Å². The molecule has 2 fully saturated rings. The fraction of sp³-hybridized carbons (Fsp3) is 0.632. The van der Waals surface area contributed by atoms with Gasteiger partial charge in [-0.2, -0.15) is 0 Å². The molecule has 0 radical (unpaired) electrons. The van der Waals surface area contributed by atoms with E-state index in [0.29, 0.717) is 18.6 Å². The van der Waals surface area contributed by atoms with E-state index >= 15 is 0 Å². The predicted molar refractivity (Wildman–Crippen MR) is 96.7 cm³/mol. The first-order chi connectivity index (χ1) is 11.6. The molecule has 2 saturated heterocycles. The first-order valence-electron chi connectivity index (χ1n) is 9.01. The molecule has 0 aliphatic carbocycles. The van der Waals surface area contributed by atoms with Gasteiger partial charge in [0, 0.05) is 38.3 Å². The van der Waals surface area contributed by atoms with E-state index < -0.39 is 0 Å². The van der Waals surface area contributed by atoms with E-state index in [1.165, 1.54) is 12.8 Å². The molecule has 2 heterocycles. The molecular weight excluding hydrogens is 302 g/mol. The monoisotopic (exact) mass is 331 g/mol. The van der Waals surface area contributed by atoms with Gasteiger partial charge in [0.25, 0.3) is 0 Å². The van der Waals surface area contributed by atoms with E-state index in [4.69, 9.17) is 4.74 Å². The molecule has 132 valence electrons. The number of piperazine rings is 1. The maximum Gasteiger partial charge on any atom is 0.236 e. The number of carbonyl (C=O) groups excluding carboxylic acids is 1. The Bertz CT molecular complexity index is 559. The van der Waals surface area contributed by atoms with Crippen molar-refractivity contribution in [3.63, 3.8) is 0 Å². The van der Waals surface area contributed by atoms with Crippen LogP contribution in [-0.4, -0.2) is 67.6 Å². The smallest absolute Gasteiger partial charge is 0.236 e. The fourth-order valence-electron chi connectivity index (χ4n) is 3.90. The van der Waals surface area contributed by atoms with Gasteiger partial charge in [0.2, 0.25) is 5.91 Å². The minimum atomic E-state index is 0.273. The van der Waals surface area contributed by atoms with Gasteiger partial charge in [-0.05, 0) is 38.8 Å². The minimum absolute atomic E-state index is 0.273. The lowest BCUT2D eigenvalue weighted by molar-refractivity contribution is -0.133. The van der Waals surface area contributed by atoms with Crippen LogP contribution in [0.3, 0.4) is 0 Å². The maximum atomic E-state index is 12.7. The van der Waals surface area contributed by atoms with Crippen LogP contribution in [-0.2, 0) is 4.79 Å². The Morgan fingerprint density at radius 2 is 1.71 bits per heavy atom. The van der Waals surface area contributed by atoms with Crippen LogP contribution in [0.15, 0.2) is 24.3 Å². The predicted octanol–water partition coefficient (Wildman–Crippen LogP) is 2.22. The van der Waals surface area contributed by atoms with Crippen molar-refractivity contribution >= 4 is 11.6 Å². The molecule has 0 unspecified atom stereocenters. The number of para-hydroxylation sites is 2. The Balaban J connectivity index is 1.56. The van der Waals surface area contributed by atoms with Gasteiger partial charge in [0.05, 0.1) is 19.3 Å². The second-order valence-corrected chi connectivity index (χ2v) is 6.99. The lowest BCUT2D eigenvalue weighted by Crippen LogP contribution is -2.52. The number of anilines is 1. The van der Waals surface area contributed by atoms with Gasteiger partial charge in [0.1, 0.15) is 5.75 Å². The Morgan fingerprint density at radius 3 is 2.33 bits per heavy atom. The van der Waals surface area contributed by atoms with Crippen molar-refractivity contribution in [2.75, 3.05) is 44.7 Å². The van der Waals surface area contributed by atoms with Crippen LogP contribution >= 0.6 is 0 Å². The van der Waals surface area contributed by atoms with Gasteiger partial charge in [-0.15, -0.1) is 0 Å². The normalized spacial score (nSPS) is 25.1. The summed E-state index contributed by atoms with van der Waals surface area (Å²) in [6, 6.07) is 9.15. The topological polar surface area (TPSA) is 36.0 Å². The van der Waals surface area contributed by atoms with Crippen LogP contribution in [0.25, 0.3) is 0 Å². The Hall–Kier alpha value is -1.75. The summed E-state index contributed by atoms with van der Waals surface area (Å²) >= 11 is 0. The van der Waals surface area contributed by atoms with E-state index in [1.54, 1.807) is 7.11 Å². The largest absolute Gasteiger partial charge is 0.495 e. The summed E-state index contributed by atoms with van der Waals surface area (Å²) in [7, 11) is 1.71. The number of methoxy groups -OCH3 is 1. The summed E-state index contributed by atoms with van der Waals surface area (Å²) in [5.74, 6) is 1.17. The SMILES string of the molecule is COc1ccccc1N1CCN(C(=O)CN2[C@H](C)CC[C@@H]2C)CC1. The molecule has 24 heavy (non-hydrogen) atoms. The summed E-state index contributed by atoms with van der Waals surface area (Å²) in [4.78, 5) is 19.3. The highest BCUT2D eigenvalue weighted by Crippen LogP contribution is 2.28. The third-order valence-electron chi connectivity index (χ3n) is 5.51. The van der Waals surface area contributed by atoms with Crippen molar-refractivity contribution in [2.24, 2.45) is 0 Å². The van der Waals surface area contributed by atoms with Crippen LogP contribution in [0.5, 0.6) is 5.75 Å². The molecule has 1 aromatic carbocycles. The molecule has 5 nitrogen and oxygen atoms in total. The van der Waals surface area contributed by atoms with E-state index in [-0.39, 0.29) is 5.91 Å². The molecule has 2 aliphatic rings. The highest BCUT2D eigenvalue weighted by atomic mass is 16.5. The van der Waals surface area contributed by atoms with E-state index in [1.807, 2.05) is 23.1 Å². The van der Waals surface area contributed by atoms with Crippen molar-refractivity contribution in [1.29, 1.82) is 0 Å². The van der Waals surface area contributed by atoms with Gasteiger partial charge in [-0.1, -0.05) is 12.1 Å². The molecule has 0 N–H and O–H groups in total. The van der Waals surface area contributed by atoms with Crippen molar-refractivity contribution in [3.05, 3.63) is 24.3 Å². The molecule has 1 aromatic rings. The number of amides is 1. The fourth-order valence-corrected chi connectivity index (χ4v) is 3.90. The molecule has 5 heteroatoms. The number of likely N-dealkylation sites (tertiary alicyclic amines) is 1. The second kappa shape index (κ2) is 7.43. The molecule has 0 saturated carbocycles. The van der Waals surface area contributed by atoms with Crippen molar-refractivity contribution in [1.82, 2.24) is 9.80 Å². The number of benzene rings is 1. The van der Waals surface area contributed by atoms with Gasteiger partial charge in [0.15, 0.2) is 0 Å². The Morgan fingerprint density at radius 1 is 1.08 bits per heavy atom. The number of rotatable bonds is 4. The standard InChI is InChI=1S/C19H29N3O2/c1-15-8-9-16(2)22(15)14-19(23)21-12-10-20(11-13-21)17-6-4-5-7-18(17)24-3/h4-7,15-16H,8-14H2,1-3H3/t15-,16+. The third-order valence-corrected chi connectivity index (χ3v) is 5.51. The Labute approximate surface area is 145 Å². The van der Waals surface area contributed by atoms with Crippen LogP contribution in [0.4, 0.5) is 5.69 Å². The van der Waals surface area contributed by atoms with Gasteiger partial charge in [-0.3, -0.25) is 9.69 Å². The van der Waals surface area contributed by atoms with Crippen LogP contribution in [0.2, 0.25) is 0 Å². The molecule has 0 spiro atoms. The molecule has 0 aromatic heterocycles. The number of carbonyl (C=O) groups is 1. The Kier molecular flexibility index (Phi) is 5.29. The zero-order valence-corrected chi connectivity index (χ0v) is 15.1. The van der Waals surface area contributed by atoms with E-state index in [2.05, 4.69) is 29.7 Å². The zero-order valence-electron chi connectivity index (χ0n) is 15.1.